The summed E-state index contributed by atoms with van der Waals surface area (Å²) in [6.45, 7) is 8.84. The Bertz CT molecular complexity index is 1030. The highest BCUT2D eigenvalue weighted by molar-refractivity contribution is 5.76. The molecular weight excluding hydrogens is 380 g/mol. The van der Waals surface area contributed by atoms with Crippen LogP contribution in [0.15, 0.2) is 30.6 Å². The Labute approximate surface area is 176 Å². The molecule has 0 saturated carbocycles. The fourth-order valence-corrected chi connectivity index (χ4v) is 3.92. The molecular formula is C22H28N6O2. The average molecular weight is 409 g/mol. The van der Waals surface area contributed by atoms with Crippen molar-refractivity contribution in [1.82, 2.24) is 29.8 Å². The Balaban J connectivity index is 1.34. The largest absolute Gasteiger partial charge is 0.379 e. The summed E-state index contributed by atoms with van der Waals surface area (Å²) in [6.07, 6.45) is 2.54. The zero-order chi connectivity index (χ0) is 20.9. The van der Waals surface area contributed by atoms with Crippen molar-refractivity contribution in [1.29, 1.82) is 0 Å². The first-order valence-electron chi connectivity index (χ1n) is 10.4. The van der Waals surface area contributed by atoms with E-state index in [2.05, 4.69) is 43.5 Å². The molecule has 3 heterocycles. The van der Waals surface area contributed by atoms with Crippen molar-refractivity contribution < 1.29 is 9.53 Å². The second-order valence-corrected chi connectivity index (χ2v) is 7.67. The molecule has 1 aromatic carbocycles. The third-order valence-electron chi connectivity index (χ3n) is 5.68. The van der Waals surface area contributed by atoms with Crippen LogP contribution in [0, 0.1) is 13.8 Å². The van der Waals surface area contributed by atoms with E-state index in [0.717, 1.165) is 55.4 Å². The van der Waals surface area contributed by atoms with Crippen molar-refractivity contribution in [3.63, 3.8) is 0 Å². The fraction of sp³-hybridized carbons (Fsp3) is 0.455. The Morgan fingerprint density at radius 3 is 2.73 bits per heavy atom. The Morgan fingerprint density at radius 2 is 1.93 bits per heavy atom. The second kappa shape index (κ2) is 9.32. The highest BCUT2D eigenvalue weighted by Crippen LogP contribution is 2.16. The summed E-state index contributed by atoms with van der Waals surface area (Å²) in [5.74, 6) is 0.628. The maximum Gasteiger partial charge on any atom is 0.252 e. The summed E-state index contributed by atoms with van der Waals surface area (Å²) in [6, 6.07) is 8.31. The predicted molar refractivity (Wildman–Crippen MR) is 113 cm³/mol. The van der Waals surface area contributed by atoms with E-state index in [0.29, 0.717) is 25.2 Å². The molecule has 2 aromatic heterocycles. The molecule has 8 heteroatoms. The third kappa shape index (κ3) is 4.66. The summed E-state index contributed by atoms with van der Waals surface area (Å²) >= 11 is 0. The highest BCUT2D eigenvalue weighted by atomic mass is 16.5. The van der Waals surface area contributed by atoms with E-state index < -0.39 is 0 Å². The van der Waals surface area contributed by atoms with E-state index in [1.807, 2.05) is 19.9 Å². The molecule has 158 valence electrons. The number of carbonyl (C=O) groups is 1. The van der Waals surface area contributed by atoms with Gasteiger partial charge in [-0.05, 0) is 37.0 Å². The molecule has 8 nitrogen and oxygen atoms in total. The van der Waals surface area contributed by atoms with E-state index >= 15 is 0 Å². The van der Waals surface area contributed by atoms with E-state index in [1.54, 1.807) is 4.52 Å². The first kappa shape index (κ1) is 20.4. The molecule has 1 aliphatic heterocycles. The number of carbonyl (C=O) groups excluding carboxylic acids is 1. The standard InChI is InChI=1S/C22H28N6O2/c1-16-20(17(2)28-22(26-16)24-15-25-28)7-8-21(29)23-13-18-5-3-4-6-19(18)14-27-9-11-30-12-10-27/h3-6,15H,7-14H2,1-2H3,(H,23,29). The monoisotopic (exact) mass is 408 g/mol. The number of aryl methyl sites for hydroxylation is 2. The van der Waals surface area contributed by atoms with Crippen molar-refractivity contribution in [3.8, 4) is 0 Å². The number of ether oxygens (including phenoxy) is 1. The van der Waals surface area contributed by atoms with Crippen LogP contribution in [0.25, 0.3) is 5.78 Å². The summed E-state index contributed by atoms with van der Waals surface area (Å²) in [4.78, 5) is 23.5. The number of fused-ring (bicyclic) bond motifs is 1. The zero-order valence-electron chi connectivity index (χ0n) is 17.6. The van der Waals surface area contributed by atoms with Crippen LogP contribution >= 0.6 is 0 Å². The van der Waals surface area contributed by atoms with Crippen LogP contribution in [0.5, 0.6) is 0 Å². The average Bonchev–Trinajstić information content (AvgIpc) is 3.22. The molecule has 0 unspecified atom stereocenters. The van der Waals surface area contributed by atoms with Crippen LogP contribution < -0.4 is 5.32 Å². The molecule has 0 spiro atoms. The molecule has 0 bridgehead atoms. The summed E-state index contributed by atoms with van der Waals surface area (Å²) < 4.78 is 7.16. The molecule has 3 aromatic rings. The summed E-state index contributed by atoms with van der Waals surface area (Å²) in [5.41, 5.74) is 5.36. The number of hydrogen-bond donors (Lipinski definition) is 1. The minimum atomic E-state index is 0.0358. The topological polar surface area (TPSA) is 84.6 Å². The van der Waals surface area contributed by atoms with Crippen LogP contribution in [-0.2, 0) is 29.0 Å². The van der Waals surface area contributed by atoms with Crippen LogP contribution in [0.4, 0.5) is 0 Å². The maximum atomic E-state index is 12.5. The Hall–Kier alpha value is -2.84. The molecule has 1 amide bonds. The SMILES string of the molecule is Cc1nc2ncnn2c(C)c1CCC(=O)NCc1ccccc1CN1CCOCC1. The van der Waals surface area contributed by atoms with Crippen LogP contribution in [0.3, 0.4) is 0 Å². The molecule has 30 heavy (non-hydrogen) atoms. The van der Waals surface area contributed by atoms with Crippen molar-refractivity contribution in [2.24, 2.45) is 0 Å². The molecule has 1 N–H and O–H groups in total. The normalized spacial score (nSPS) is 14.9. The first-order chi connectivity index (χ1) is 14.6. The molecule has 4 rings (SSSR count). The lowest BCUT2D eigenvalue weighted by Gasteiger charge is -2.27. The molecule has 1 fully saturated rings. The van der Waals surface area contributed by atoms with E-state index in [4.69, 9.17) is 4.74 Å². The predicted octanol–water partition coefficient (Wildman–Crippen LogP) is 1.82. The van der Waals surface area contributed by atoms with Gasteiger partial charge >= 0.3 is 0 Å². The molecule has 0 aliphatic carbocycles. The third-order valence-corrected chi connectivity index (χ3v) is 5.68. The van der Waals surface area contributed by atoms with Crippen LogP contribution in [0.1, 0.15) is 34.5 Å². The van der Waals surface area contributed by atoms with Gasteiger partial charge < -0.3 is 10.1 Å². The zero-order valence-corrected chi connectivity index (χ0v) is 17.6. The van der Waals surface area contributed by atoms with Gasteiger partial charge in [0.1, 0.15) is 6.33 Å². The molecule has 1 saturated heterocycles. The lowest BCUT2D eigenvalue weighted by Crippen LogP contribution is -2.36. The van der Waals surface area contributed by atoms with Gasteiger partial charge in [0.25, 0.3) is 5.78 Å². The van der Waals surface area contributed by atoms with Gasteiger partial charge in [0.2, 0.25) is 5.91 Å². The van der Waals surface area contributed by atoms with Crippen molar-refractivity contribution in [3.05, 3.63) is 58.7 Å². The van der Waals surface area contributed by atoms with E-state index in [9.17, 15) is 4.79 Å². The van der Waals surface area contributed by atoms with Crippen molar-refractivity contribution in [2.75, 3.05) is 26.3 Å². The van der Waals surface area contributed by atoms with Crippen LogP contribution in [0.2, 0.25) is 0 Å². The molecule has 1 aliphatic rings. The van der Waals surface area contributed by atoms with Gasteiger partial charge in [0.05, 0.1) is 13.2 Å². The van der Waals surface area contributed by atoms with Gasteiger partial charge in [0, 0.05) is 44.0 Å². The number of rotatable bonds is 7. The Kier molecular flexibility index (Phi) is 6.35. The number of morpholine rings is 1. The van der Waals surface area contributed by atoms with Crippen LogP contribution in [-0.4, -0.2) is 56.7 Å². The smallest absolute Gasteiger partial charge is 0.252 e. The van der Waals surface area contributed by atoms with Crippen molar-refractivity contribution >= 4 is 11.7 Å². The first-order valence-corrected chi connectivity index (χ1v) is 10.4. The number of aromatic nitrogens is 4. The quantitative estimate of drug-likeness (QED) is 0.642. The maximum absolute atomic E-state index is 12.5. The molecule has 0 atom stereocenters. The van der Waals surface area contributed by atoms with Gasteiger partial charge in [0.15, 0.2) is 0 Å². The number of nitrogens with one attached hydrogen (secondary N) is 1. The highest BCUT2D eigenvalue weighted by Gasteiger charge is 2.14. The Morgan fingerprint density at radius 1 is 1.17 bits per heavy atom. The number of hydrogen-bond acceptors (Lipinski definition) is 6. The number of benzene rings is 1. The minimum absolute atomic E-state index is 0.0358. The molecule has 0 radical (unpaired) electrons. The van der Waals surface area contributed by atoms with Crippen molar-refractivity contribution in [2.45, 2.75) is 39.8 Å². The van der Waals surface area contributed by atoms with Gasteiger partial charge in [-0.2, -0.15) is 10.1 Å². The fourth-order valence-electron chi connectivity index (χ4n) is 3.92. The minimum Gasteiger partial charge on any atom is -0.379 e. The van der Waals surface area contributed by atoms with Gasteiger partial charge in [-0.3, -0.25) is 9.69 Å². The second-order valence-electron chi connectivity index (χ2n) is 7.67. The number of nitrogens with zero attached hydrogens (tertiary/aromatic N) is 5. The summed E-state index contributed by atoms with van der Waals surface area (Å²) in [5, 5.41) is 7.29. The van der Waals surface area contributed by atoms with Gasteiger partial charge in [-0.15, -0.1) is 0 Å². The van der Waals surface area contributed by atoms with Gasteiger partial charge in [-0.25, -0.2) is 9.50 Å². The van der Waals surface area contributed by atoms with E-state index in [-0.39, 0.29) is 5.91 Å². The lowest BCUT2D eigenvalue weighted by molar-refractivity contribution is -0.121. The van der Waals surface area contributed by atoms with Gasteiger partial charge in [-0.1, -0.05) is 24.3 Å². The van der Waals surface area contributed by atoms with E-state index in [1.165, 1.54) is 11.9 Å². The number of amides is 1. The summed E-state index contributed by atoms with van der Waals surface area (Å²) in [7, 11) is 0. The lowest BCUT2D eigenvalue weighted by atomic mass is 10.1.